The lowest BCUT2D eigenvalue weighted by molar-refractivity contribution is -0.116. The topological polar surface area (TPSA) is 26.3 Å². The summed E-state index contributed by atoms with van der Waals surface area (Å²) in [4.78, 5) is 11.9. The summed E-state index contributed by atoms with van der Waals surface area (Å²) in [6.45, 7) is 11.1. The minimum atomic E-state index is 0.195. The van der Waals surface area contributed by atoms with Crippen molar-refractivity contribution >= 4 is 5.78 Å². The van der Waals surface area contributed by atoms with Crippen LogP contribution >= 0.6 is 0 Å². The highest BCUT2D eigenvalue weighted by molar-refractivity contribution is 5.92. The number of carbonyl (C=O) groups excluding carboxylic acids is 1. The zero-order valence-electron chi connectivity index (χ0n) is 16.0. The molecule has 0 saturated heterocycles. The van der Waals surface area contributed by atoms with Crippen molar-refractivity contribution in [1.29, 1.82) is 0 Å². The Morgan fingerprint density at radius 2 is 2.04 bits per heavy atom. The van der Waals surface area contributed by atoms with E-state index >= 15 is 0 Å². The minimum absolute atomic E-state index is 0.195. The van der Waals surface area contributed by atoms with Crippen molar-refractivity contribution in [2.24, 2.45) is 28.6 Å². The predicted molar refractivity (Wildman–Crippen MR) is 101 cm³/mol. The highest BCUT2D eigenvalue weighted by Crippen LogP contribution is 2.64. The molecule has 2 heteroatoms. The van der Waals surface area contributed by atoms with Gasteiger partial charge in [0, 0.05) is 18.3 Å². The number of ketones is 1. The van der Waals surface area contributed by atoms with Crippen LogP contribution in [0.3, 0.4) is 0 Å². The molecule has 4 aliphatic rings. The van der Waals surface area contributed by atoms with Gasteiger partial charge in [0.25, 0.3) is 0 Å². The third-order valence-electron chi connectivity index (χ3n) is 8.13. The lowest BCUT2D eigenvalue weighted by Gasteiger charge is -2.55. The Labute approximate surface area is 152 Å². The van der Waals surface area contributed by atoms with Crippen LogP contribution in [-0.2, 0) is 9.53 Å². The van der Waals surface area contributed by atoms with Crippen molar-refractivity contribution < 1.29 is 9.53 Å². The summed E-state index contributed by atoms with van der Waals surface area (Å²) in [7, 11) is 0. The summed E-state index contributed by atoms with van der Waals surface area (Å²) >= 11 is 0. The van der Waals surface area contributed by atoms with Gasteiger partial charge in [-0.2, -0.15) is 0 Å². The van der Waals surface area contributed by atoms with Crippen molar-refractivity contribution in [2.75, 3.05) is 0 Å². The summed E-state index contributed by atoms with van der Waals surface area (Å²) in [5.74, 6) is 3.27. The van der Waals surface area contributed by atoms with Crippen LogP contribution in [0.15, 0.2) is 36.1 Å². The van der Waals surface area contributed by atoms with E-state index in [1.165, 1.54) is 24.8 Å². The molecular formula is C23H32O2. The maximum atomic E-state index is 11.9. The Balaban J connectivity index is 1.64. The van der Waals surface area contributed by atoms with E-state index < -0.39 is 0 Å². The smallest absolute Gasteiger partial charge is 0.156 e. The van der Waals surface area contributed by atoms with Gasteiger partial charge >= 0.3 is 0 Å². The van der Waals surface area contributed by atoms with Gasteiger partial charge < -0.3 is 4.74 Å². The molecule has 4 aliphatic carbocycles. The molecule has 0 heterocycles. The summed E-state index contributed by atoms with van der Waals surface area (Å²) in [6.07, 6.45) is 14.6. The molecule has 0 radical (unpaired) electrons. The molecular weight excluding hydrogens is 308 g/mol. The quantitative estimate of drug-likeness (QED) is 0.625. The number of carbonyl (C=O) groups is 1. The molecule has 2 nitrogen and oxygen atoms in total. The van der Waals surface area contributed by atoms with Crippen molar-refractivity contribution in [3.63, 3.8) is 0 Å². The maximum Gasteiger partial charge on any atom is 0.156 e. The molecule has 0 aromatic carbocycles. The fraction of sp³-hybridized carbons (Fsp3) is 0.696. The van der Waals surface area contributed by atoms with Crippen LogP contribution in [0.2, 0.25) is 0 Å². The van der Waals surface area contributed by atoms with Gasteiger partial charge in [-0.3, -0.25) is 4.79 Å². The van der Waals surface area contributed by atoms with Gasteiger partial charge in [0.05, 0.1) is 5.76 Å². The van der Waals surface area contributed by atoms with E-state index in [1.54, 1.807) is 0 Å². The number of hydrogen-bond acceptors (Lipinski definition) is 2. The number of hydrogen-bond donors (Lipinski definition) is 0. The molecule has 6 unspecified atom stereocenters. The van der Waals surface area contributed by atoms with Gasteiger partial charge in [-0.25, -0.2) is 0 Å². The summed E-state index contributed by atoms with van der Waals surface area (Å²) < 4.78 is 6.28. The van der Waals surface area contributed by atoms with Crippen LogP contribution in [0.4, 0.5) is 0 Å². The van der Waals surface area contributed by atoms with E-state index in [0.29, 0.717) is 29.6 Å². The fourth-order valence-corrected chi connectivity index (χ4v) is 6.43. The third kappa shape index (κ3) is 2.47. The first kappa shape index (κ1) is 17.1. The molecule has 0 aromatic rings. The highest BCUT2D eigenvalue weighted by Gasteiger charge is 2.58. The first-order chi connectivity index (χ1) is 11.9. The van der Waals surface area contributed by atoms with E-state index in [1.807, 2.05) is 6.08 Å². The fourth-order valence-electron chi connectivity index (χ4n) is 6.43. The molecule has 0 amide bonds. The Kier molecular flexibility index (Phi) is 4.01. The molecule has 136 valence electrons. The summed E-state index contributed by atoms with van der Waals surface area (Å²) in [6, 6.07) is 0. The molecule has 0 aromatic heterocycles. The van der Waals surface area contributed by atoms with E-state index in [4.69, 9.17) is 4.74 Å². The van der Waals surface area contributed by atoms with Crippen LogP contribution in [0.25, 0.3) is 0 Å². The summed E-state index contributed by atoms with van der Waals surface area (Å²) in [5.41, 5.74) is 1.76. The van der Waals surface area contributed by atoms with Gasteiger partial charge in [0.2, 0.25) is 0 Å². The molecule has 0 aliphatic heterocycles. The standard InChI is InChI=1S/C23H32O2/c1-5-15(2)25-21-9-8-19-18-7-6-16-14-17(24)10-12-22(16,3)20(18)11-13-23(19,21)4/h6-7,14,18-21H,2,5,8-13H2,1,3-4H3. The Morgan fingerprint density at radius 1 is 1.24 bits per heavy atom. The second-order valence-electron chi connectivity index (χ2n) is 9.25. The predicted octanol–water partition coefficient (Wildman–Crippen LogP) is 5.60. The SMILES string of the molecule is C=C(CC)OC1CCC2C3C=CC4=CC(=O)CCC4(C)C3CCC12C. The average Bonchev–Trinajstić information content (AvgIpc) is 2.92. The second-order valence-corrected chi connectivity index (χ2v) is 9.25. The van der Waals surface area contributed by atoms with E-state index in [0.717, 1.165) is 31.4 Å². The van der Waals surface area contributed by atoms with Gasteiger partial charge in [-0.1, -0.05) is 39.5 Å². The molecule has 2 saturated carbocycles. The van der Waals surface area contributed by atoms with E-state index in [9.17, 15) is 4.79 Å². The lowest BCUT2D eigenvalue weighted by atomic mass is 9.49. The van der Waals surface area contributed by atoms with Gasteiger partial charge in [0.15, 0.2) is 5.78 Å². The maximum absolute atomic E-state index is 11.9. The van der Waals surface area contributed by atoms with E-state index in [-0.39, 0.29) is 10.8 Å². The lowest BCUT2D eigenvalue weighted by Crippen LogP contribution is -2.50. The van der Waals surface area contributed by atoms with Crippen molar-refractivity contribution in [3.05, 3.63) is 36.1 Å². The Bertz CT molecular complexity index is 657. The minimum Gasteiger partial charge on any atom is -0.495 e. The molecule has 25 heavy (non-hydrogen) atoms. The molecule has 0 bridgehead atoms. The second kappa shape index (κ2) is 5.86. The van der Waals surface area contributed by atoms with Crippen LogP contribution < -0.4 is 0 Å². The van der Waals surface area contributed by atoms with E-state index in [2.05, 4.69) is 39.5 Å². The van der Waals surface area contributed by atoms with Gasteiger partial charge in [-0.15, -0.1) is 0 Å². The molecule has 2 fully saturated rings. The van der Waals surface area contributed by atoms with Crippen LogP contribution in [0.1, 0.15) is 65.7 Å². The normalized spacial score (nSPS) is 45.2. The zero-order chi connectivity index (χ0) is 17.8. The average molecular weight is 341 g/mol. The van der Waals surface area contributed by atoms with Crippen molar-refractivity contribution in [1.82, 2.24) is 0 Å². The third-order valence-corrected chi connectivity index (χ3v) is 8.13. The first-order valence-electron chi connectivity index (χ1n) is 10.2. The number of allylic oxidation sites excluding steroid dienone is 5. The highest BCUT2D eigenvalue weighted by atomic mass is 16.5. The van der Waals surface area contributed by atoms with Crippen molar-refractivity contribution in [2.45, 2.75) is 71.8 Å². The van der Waals surface area contributed by atoms with Crippen LogP contribution in [-0.4, -0.2) is 11.9 Å². The Hall–Kier alpha value is -1.31. The zero-order valence-corrected chi connectivity index (χ0v) is 16.0. The number of fused-ring (bicyclic) bond motifs is 5. The molecule has 6 atom stereocenters. The molecule has 0 spiro atoms. The van der Waals surface area contributed by atoms with Gasteiger partial charge in [0.1, 0.15) is 6.10 Å². The molecule has 0 N–H and O–H groups in total. The van der Waals surface area contributed by atoms with Crippen molar-refractivity contribution in [3.8, 4) is 0 Å². The van der Waals surface area contributed by atoms with Crippen LogP contribution in [0.5, 0.6) is 0 Å². The molecule has 4 rings (SSSR count). The monoisotopic (exact) mass is 340 g/mol. The summed E-state index contributed by atoms with van der Waals surface area (Å²) in [5, 5.41) is 0. The number of ether oxygens (including phenoxy) is 1. The Morgan fingerprint density at radius 3 is 2.80 bits per heavy atom. The number of rotatable bonds is 3. The van der Waals surface area contributed by atoms with Gasteiger partial charge in [-0.05, 0) is 66.9 Å². The first-order valence-corrected chi connectivity index (χ1v) is 10.2. The largest absolute Gasteiger partial charge is 0.495 e. The van der Waals surface area contributed by atoms with Crippen LogP contribution in [0, 0.1) is 28.6 Å².